The van der Waals surface area contributed by atoms with E-state index in [-0.39, 0.29) is 6.61 Å². The Balaban J connectivity index is 1.64. The Kier molecular flexibility index (Phi) is 9.12. The van der Waals surface area contributed by atoms with Gasteiger partial charge in [0.1, 0.15) is 24.4 Å². The predicted octanol–water partition coefficient (Wildman–Crippen LogP) is 3.14. The summed E-state index contributed by atoms with van der Waals surface area (Å²) in [7, 11) is 0. The lowest BCUT2D eigenvalue weighted by Gasteiger charge is -2.46. The Morgan fingerprint density at radius 3 is 2.18 bits per heavy atom. The van der Waals surface area contributed by atoms with Crippen LogP contribution in [0.15, 0.2) is 35.4 Å². The molecule has 1 aromatic carbocycles. The van der Waals surface area contributed by atoms with Gasteiger partial charge < -0.3 is 37.9 Å². The van der Waals surface area contributed by atoms with Gasteiger partial charge in [0.15, 0.2) is 30.6 Å². The first kappa shape index (κ1) is 29.2. The van der Waals surface area contributed by atoms with Gasteiger partial charge in [0.05, 0.1) is 18.8 Å². The largest absolute Gasteiger partial charge is 0.458 e. The van der Waals surface area contributed by atoms with E-state index in [2.05, 4.69) is 10.0 Å². The molecule has 0 aromatic heterocycles. The van der Waals surface area contributed by atoms with Crippen molar-refractivity contribution < 1.29 is 47.5 Å². The third kappa shape index (κ3) is 6.87. The van der Waals surface area contributed by atoms with E-state index in [9.17, 15) is 15.1 Å². The Morgan fingerprint density at radius 2 is 1.54 bits per heavy atom. The third-order valence-corrected chi connectivity index (χ3v) is 6.66. The number of hydrogen-bond donors (Lipinski definition) is 0. The standard InChI is InChI=1S/C26H35N3O10/c1-13-19(35-15(3)30)21(36-16(4)31)18(28-29-27)24(33-13)37-23-22-20(38-26(5,6)39-22)14(2)34-25(23)32-12-17-10-8-7-9-11-17/h7-11,13-14,18-25H,12H2,1-6H3/t13-,14-,18-,19+,20+,21-,22+,23-,24-,25+/m0/s1. The number of carbonyl (C=O) groups is 2. The van der Waals surface area contributed by atoms with Crippen molar-refractivity contribution >= 4 is 11.9 Å². The highest BCUT2D eigenvalue weighted by Gasteiger charge is 2.57. The van der Waals surface area contributed by atoms with Gasteiger partial charge >= 0.3 is 11.9 Å². The van der Waals surface area contributed by atoms with E-state index in [0.29, 0.717) is 0 Å². The van der Waals surface area contributed by atoms with Crippen LogP contribution in [0.2, 0.25) is 0 Å². The van der Waals surface area contributed by atoms with Crippen LogP contribution in [0.1, 0.15) is 47.1 Å². The summed E-state index contributed by atoms with van der Waals surface area (Å²) < 4.78 is 48.0. The van der Waals surface area contributed by atoms with Crippen LogP contribution in [0.3, 0.4) is 0 Å². The fraction of sp³-hybridized carbons (Fsp3) is 0.692. The van der Waals surface area contributed by atoms with Crippen molar-refractivity contribution in [1.29, 1.82) is 0 Å². The number of hydrogen-bond acceptors (Lipinski definition) is 11. The first-order valence-corrected chi connectivity index (χ1v) is 12.8. The van der Waals surface area contributed by atoms with Gasteiger partial charge in [-0.3, -0.25) is 9.59 Å². The van der Waals surface area contributed by atoms with E-state index in [1.54, 1.807) is 20.8 Å². The number of benzene rings is 1. The van der Waals surface area contributed by atoms with Crippen molar-refractivity contribution in [3.8, 4) is 0 Å². The van der Waals surface area contributed by atoms with E-state index < -0.39 is 79.1 Å². The van der Waals surface area contributed by atoms with Crippen LogP contribution in [-0.4, -0.2) is 79.1 Å². The molecule has 1 aromatic rings. The first-order valence-electron chi connectivity index (χ1n) is 12.8. The molecule has 13 heteroatoms. The highest BCUT2D eigenvalue weighted by Crippen LogP contribution is 2.41. The van der Waals surface area contributed by atoms with Gasteiger partial charge in [0.25, 0.3) is 0 Å². The van der Waals surface area contributed by atoms with Crippen LogP contribution in [0.25, 0.3) is 10.4 Å². The second-order valence-corrected chi connectivity index (χ2v) is 10.2. The normalized spacial score (nSPS) is 37.3. The number of azide groups is 1. The summed E-state index contributed by atoms with van der Waals surface area (Å²) in [5, 5.41) is 3.81. The van der Waals surface area contributed by atoms with Gasteiger partial charge in [-0.05, 0) is 38.8 Å². The molecule has 3 aliphatic heterocycles. The summed E-state index contributed by atoms with van der Waals surface area (Å²) in [5.74, 6) is -2.19. The lowest BCUT2D eigenvalue weighted by Crippen LogP contribution is -2.63. The maximum atomic E-state index is 12.0. The summed E-state index contributed by atoms with van der Waals surface area (Å²) in [6.07, 6.45) is -7.54. The van der Waals surface area contributed by atoms with Crippen molar-refractivity contribution in [2.24, 2.45) is 5.11 Å². The maximum absolute atomic E-state index is 12.0. The maximum Gasteiger partial charge on any atom is 0.303 e. The number of nitrogens with zero attached hydrogens (tertiary/aromatic N) is 3. The molecule has 3 aliphatic rings. The Labute approximate surface area is 226 Å². The molecular formula is C26H35N3O10. The van der Waals surface area contributed by atoms with Crippen LogP contribution in [-0.2, 0) is 54.1 Å². The Morgan fingerprint density at radius 1 is 0.923 bits per heavy atom. The van der Waals surface area contributed by atoms with Crippen LogP contribution in [0, 0.1) is 0 Å². The Hall–Kier alpha value is -2.77. The molecule has 0 aliphatic carbocycles. The molecule has 3 saturated heterocycles. The predicted molar refractivity (Wildman–Crippen MR) is 133 cm³/mol. The zero-order chi connectivity index (χ0) is 28.3. The van der Waals surface area contributed by atoms with E-state index in [1.165, 1.54) is 13.8 Å². The minimum atomic E-state index is -1.23. The smallest absolute Gasteiger partial charge is 0.303 e. The molecule has 39 heavy (non-hydrogen) atoms. The van der Waals surface area contributed by atoms with Crippen LogP contribution in [0.5, 0.6) is 0 Å². The quantitative estimate of drug-likeness (QED) is 0.204. The highest BCUT2D eigenvalue weighted by atomic mass is 16.8. The van der Waals surface area contributed by atoms with Gasteiger partial charge in [-0.25, -0.2) is 0 Å². The molecule has 10 atom stereocenters. The van der Waals surface area contributed by atoms with Crippen LogP contribution < -0.4 is 0 Å². The fourth-order valence-corrected chi connectivity index (χ4v) is 5.10. The average Bonchev–Trinajstić information content (AvgIpc) is 3.20. The number of fused-ring (bicyclic) bond motifs is 1. The molecule has 3 heterocycles. The number of esters is 2. The van der Waals surface area contributed by atoms with Gasteiger partial charge in [-0.1, -0.05) is 35.4 Å². The summed E-state index contributed by atoms with van der Waals surface area (Å²) in [6.45, 7) is 9.72. The topological polar surface area (TPSA) is 157 Å². The molecule has 0 bridgehead atoms. The monoisotopic (exact) mass is 549 g/mol. The molecule has 0 saturated carbocycles. The van der Waals surface area contributed by atoms with Gasteiger partial charge in [0.2, 0.25) is 0 Å². The van der Waals surface area contributed by atoms with Gasteiger partial charge in [0, 0.05) is 18.8 Å². The summed E-state index contributed by atoms with van der Waals surface area (Å²) in [6, 6.07) is 8.35. The minimum Gasteiger partial charge on any atom is -0.458 e. The lowest BCUT2D eigenvalue weighted by atomic mass is 9.96. The van der Waals surface area contributed by atoms with Gasteiger partial charge in [-0.2, -0.15) is 0 Å². The number of rotatable bonds is 8. The Bertz CT molecular complexity index is 1070. The van der Waals surface area contributed by atoms with Crippen molar-refractivity contribution in [2.75, 3.05) is 0 Å². The third-order valence-electron chi connectivity index (χ3n) is 6.66. The van der Waals surface area contributed by atoms with Crippen molar-refractivity contribution in [2.45, 2.75) is 115 Å². The SMILES string of the molecule is CC(=O)O[C@H]1[C@H](N=[N+]=[N-])[C@H](O[C@@H]2[C@H](OCc3ccccc3)O[C@@H](C)[C@H]3OC(C)(C)O[C@@H]23)O[C@@H](C)[C@H]1OC(C)=O. The molecule has 0 spiro atoms. The van der Waals surface area contributed by atoms with Crippen molar-refractivity contribution in [3.63, 3.8) is 0 Å². The molecule has 13 nitrogen and oxygen atoms in total. The number of ether oxygens (including phenoxy) is 8. The molecular weight excluding hydrogens is 514 g/mol. The van der Waals surface area contributed by atoms with E-state index >= 15 is 0 Å². The summed E-state index contributed by atoms with van der Waals surface area (Å²) >= 11 is 0. The van der Waals surface area contributed by atoms with Crippen LogP contribution >= 0.6 is 0 Å². The minimum absolute atomic E-state index is 0.228. The molecule has 0 N–H and O–H groups in total. The molecule has 0 radical (unpaired) electrons. The molecule has 0 amide bonds. The zero-order valence-corrected chi connectivity index (χ0v) is 22.8. The van der Waals surface area contributed by atoms with E-state index in [0.717, 1.165) is 5.56 Å². The van der Waals surface area contributed by atoms with Crippen LogP contribution in [0.4, 0.5) is 0 Å². The summed E-state index contributed by atoms with van der Waals surface area (Å²) in [4.78, 5) is 26.7. The van der Waals surface area contributed by atoms with E-state index in [4.69, 9.17) is 37.9 Å². The zero-order valence-electron chi connectivity index (χ0n) is 22.8. The fourth-order valence-electron chi connectivity index (χ4n) is 5.10. The average molecular weight is 550 g/mol. The second-order valence-electron chi connectivity index (χ2n) is 10.2. The number of carbonyl (C=O) groups excluding carboxylic acids is 2. The molecule has 3 fully saturated rings. The lowest BCUT2D eigenvalue weighted by molar-refractivity contribution is -0.340. The molecule has 4 rings (SSSR count). The summed E-state index contributed by atoms with van der Waals surface area (Å²) in [5.41, 5.74) is 10.3. The highest BCUT2D eigenvalue weighted by molar-refractivity contribution is 5.67. The second kappa shape index (κ2) is 12.2. The van der Waals surface area contributed by atoms with E-state index in [1.807, 2.05) is 37.3 Å². The first-order chi connectivity index (χ1) is 18.5. The van der Waals surface area contributed by atoms with Crippen molar-refractivity contribution in [1.82, 2.24) is 0 Å². The molecule has 0 unspecified atom stereocenters. The van der Waals surface area contributed by atoms with Crippen molar-refractivity contribution in [3.05, 3.63) is 46.3 Å². The van der Waals surface area contributed by atoms with Gasteiger partial charge in [-0.15, -0.1) is 0 Å². The molecule has 214 valence electrons.